The third-order valence-corrected chi connectivity index (χ3v) is 4.05. The van der Waals surface area contributed by atoms with Crippen LogP contribution in [-0.2, 0) is 17.8 Å². The van der Waals surface area contributed by atoms with E-state index in [2.05, 4.69) is 20.6 Å². The molecule has 1 aromatic carbocycles. The summed E-state index contributed by atoms with van der Waals surface area (Å²) in [6.07, 6.45) is 0.599. The van der Waals surface area contributed by atoms with Crippen molar-refractivity contribution in [2.24, 2.45) is 0 Å². The average molecular weight is 364 g/mol. The van der Waals surface area contributed by atoms with Crippen LogP contribution in [0.15, 0.2) is 47.0 Å². The molecule has 0 unspecified atom stereocenters. The molecular weight excluding hydrogens is 344 g/mol. The van der Waals surface area contributed by atoms with E-state index < -0.39 is 0 Å². The summed E-state index contributed by atoms with van der Waals surface area (Å²) in [5.41, 5.74) is 3.67. The van der Waals surface area contributed by atoms with E-state index in [-0.39, 0.29) is 0 Å². The maximum atomic E-state index is 5.22. The van der Waals surface area contributed by atoms with Gasteiger partial charge in [-0.15, -0.1) is 0 Å². The Labute approximate surface area is 156 Å². The van der Waals surface area contributed by atoms with Crippen molar-refractivity contribution < 1.29 is 9.26 Å². The fourth-order valence-electron chi connectivity index (χ4n) is 2.85. The normalized spacial score (nSPS) is 11.2. The average Bonchev–Trinajstić information content (AvgIpc) is 3.28. The lowest BCUT2D eigenvalue weighted by atomic mass is 10.1. The minimum atomic E-state index is 0.342. The van der Waals surface area contributed by atoms with Crippen molar-refractivity contribution in [3.05, 3.63) is 59.9 Å². The van der Waals surface area contributed by atoms with E-state index in [4.69, 9.17) is 14.2 Å². The van der Waals surface area contributed by atoms with Crippen molar-refractivity contribution in [1.29, 1.82) is 0 Å². The van der Waals surface area contributed by atoms with Gasteiger partial charge in [0.25, 0.3) is 0 Å². The third kappa shape index (κ3) is 3.80. The largest absolute Gasteiger partial charge is 0.377 e. The topological polar surface area (TPSA) is 90.4 Å². The molecule has 0 saturated carbocycles. The molecule has 138 valence electrons. The molecular formula is C19H20N6O2. The number of methoxy groups -OCH3 is 1. The van der Waals surface area contributed by atoms with Crippen LogP contribution in [-0.4, -0.2) is 38.4 Å². The first-order valence-corrected chi connectivity index (χ1v) is 8.70. The number of nitrogens with zero attached hydrogens (tertiary/aromatic N) is 5. The minimum Gasteiger partial charge on any atom is -0.377 e. The number of nitrogens with one attached hydrogen (secondary N) is 1. The molecule has 1 N–H and O–H groups in total. The molecule has 27 heavy (non-hydrogen) atoms. The van der Waals surface area contributed by atoms with Crippen LogP contribution in [0.2, 0.25) is 0 Å². The Morgan fingerprint density at radius 2 is 2.00 bits per heavy atom. The van der Waals surface area contributed by atoms with Gasteiger partial charge in [-0.25, -0.2) is 4.98 Å². The van der Waals surface area contributed by atoms with Crippen LogP contribution in [0.1, 0.15) is 17.4 Å². The van der Waals surface area contributed by atoms with Gasteiger partial charge < -0.3 is 14.6 Å². The number of anilines is 1. The van der Waals surface area contributed by atoms with Gasteiger partial charge in [0.15, 0.2) is 11.5 Å². The van der Waals surface area contributed by atoms with Gasteiger partial charge in [-0.05, 0) is 6.92 Å². The summed E-state index contributed by atoms with van der Waals surface area (Å²) >= 11 is 0. The van der Waals surface area contributed by atoms with Crippen LogP contribution in [0.25, 0.3) is 16.9 Å². The summed E-state index contributed by atoms with van der Waals surface area (Å²) in [6.45, 7) is 2.92. The lowest BCUT2D eigenvalue weighted by Gasteiger charge is -2.10. The van der Waals surface area contributed by atoms with Crippen molar-refractivity contribution in [2.75, 3.05) is 19.0 Å². The molecule has 3 heterocycles. The predicted octanol–water partition coefficient (Wildman–Crippen LogP) is 2.89. The van der Waals surface area contributed by atoms with E-state index in [1.807, 2.05) is 53.9 Å². The minimum absolute atomic E-state index is 0.342. The predicted molar refractivity (Wildman–Crippen MR) is 100 cm³/mol. The van der Waals surface area contributed by atoms with Gasteiger partial charge in [0, 0.05) is 37.8 Å². The molecule has 0 amide bonds. The second-order valence-electron chi connectivity index (χ2n) is 6.16. The zero-order chi connectivity index (χ0) is 18.6. The Kier molecular flexibility index (Phi) is 4.80. The molecule has 4 aromatic rings. The number of fused-ring (bicyclic) bond motifs is 1. The standard InChI is InChI=1S/C19H20N6O2/c1-13-10-18-21-15(14-6-4-3-5-7-14)11-17(25(18)23-13)20-9-8-19-22-16(12-26-2)24-27-19/h3-7,10-11,20H,8-9,12H2,1-2H3. The Morgan fingerprint density at radius 3 is 2.81 bits per heavy atom. The van der Waals surface area contributed by atoms with E-state index in [0.717, 1.165) is 28.4 Å². The molecule has 0 fully saturated rings. The highest BCUT2D eigenvalue weighted by molar-refractivity contribution is 5.66. The number of aryl methyl sites for hydroxylation is 1. The van der Waals surface area contributed by atoms with Gasteiger partial charge >= 0.3 is 0 Å². The Hall–Kier alpha value is -3.26. The monoisotopic (exact) mass is 364 g/mol. The molecule has 0 radical (unpaired) electrons. The van der Waals surface area contributed by atoms with Gasteiger partial charge in [-0.3, -0.25) is 0 Å². The lowest BCUT2D eigenvalue weighted by Crippen LogP contribution is -2.10. The van der Waals surface area contributed by atoms with Gasteiger partial charge in [0.05, 0.1) is 11.4 Å². The van der Waals surface area contributed by atoms with E-state index in [0.29, 0.717) is 31.3 Å². The number of aromatic nitrogens is 5. The third-order valence-electron chi connectivity index (χ3n) is 4.05. The second kappa shape index (κ2) is 7.55. The molecule has 8 nitrogen and oxygen atoms in total. The highest BCUT2D eigenvalue weighted by atomic mass is 16.5. The van der Waals surface area contributed by atoms with Crippen molar-refractivity contribution in [1.82, 2.24) is 24.7 Å². The highest BCUT2D eigenvalue weighted by Crippen LogP contribution is 2.22. The van der Waals surface area contributed by atoms with E-state index in [9.17, 15) is 0 Å². The number of benzene rings is 1. The summed E-state index contributed by atoms with van der Waals surface area (Å²) in [5, 5.41) is 11.8. The molecule has 0 aliphatic rings. The first kappa shape index (κ1) is 17.2. The molecule has 8 heteroatoms. The lowest BCUT2D eigenvalue weighted by molar-refractivity contribution is 0.174. The molecule has 0 spiro atoms. The zero-order valence-electron chi connectivity index (χ0n) is 15.2. The molecule has 4 rings (SSSR count). The van der Waals surface area contributed by atoms with Crippen molar-refractivity contribution >= 4 is 11.5 Å². The van der Waals surface area contributed by atoms with Crippen LogP contribution in [0.5, 0.6) is 0 Å². The maximum Gasteiger partial charge on any atom is 0.228 e. The van der Waals surface area contributed by atoms with Crippen molar-refractivity contribution in [3.63, 3.8) is 0 Å². The number of ether oxygens (including phenoxy) is 1. The van der Waals surface area contributed by atoms with Gasteiger partial charge in [0.2, 0.25) is 5.89 Å². The van der Waals surface area contributed by atoms with Gasteiger partial charge in [-0.2, -0.15) is 14.6 Å². The van der Waals surface area contributed by atoms with E-state index in [1.54, 1.807) is 7.11 Å². The SMILES string of the molecule is COCc1noc(CCNc2cc(-c3ccccc3)nc3cc(C)nn23)n1. The van der Waals surface area contributed by atoms with Crippen LogP contribution in [0, 0.1) is 6.92 Å². The first-order chi connectivity index (χ1) is 13.2. The summed E-state index contributed by atoms with van der Waals surface area (Å²) < 4.78 is 12.0. The molecule has 0 aliphatic heterocycles. The number of hydrogen-bond donors (Lipinski definition) is 1. The number of hydrogen-bond acceptors (Lipinski definition) is 7. The van der Waals surface area contributed by atoms with Crippen molar-refractivity contribution in [2.45, 2.75) is 20.0 Å². The second-order valence-corrected chi connectivity index (χ2v) is 6.16. The quantitative estimate of drug-likeness (QED) is 0.539. The Morgan fingerprint density at radius 1 is 1.15 bits per heavy atom. The summed E-state index contributed by atoms with van der Waals surface area (Å²) in [4.78, 5) is 9.01. The van der Waals surface area contributed by atoms with Gasteiger partial charge in [0.1, 0.15) is 12.4 Å². The Bertz CT molecular complexity index is 1040. The summed E-state index contributed by atoms with van der Waals surface area (Å²) in [6, 6.07) is 14.0. The highest BCUT2D eigenvalue weighted by Gasteiger charge is 2.11. The Balaban J connectivity index is 1.56. The molecule has 0 aliphatic carbocycles. The fourth-order valence-corrected chi connectivity index (χ4v) is 2.85. The van der Waals surface area contributed by atoms with E-state index in [1.165, 1.54) is 0 Å². The fraction of sp³-hybridized carbons (Fsp3) is 0.263. The van der Waals surface area contributed by atoms with Crippen LogP contribution < -0.4 is 5.32 Å². The van der Waals surface area contributed by atoms with Crippen LogP contribution in [0.4, 0.5) is 5.82 Å². The van der Waals surface area contributed by atoms with Crippen LogP contribution >= 0.6 is 0 Å². The van der Waals surface area contributed by atoms with E-state index >= 15 is 0 Å². The summed E-state index contributed by atoms with van der Waals surface area (Å²) in [7, 11) is 1.60. The smallest absolute Gasteiger partial charge is 0.228 e. The molecule has 3 aromatic heterocycles. The first-order valence-electron chi connectivity index (χ1n) is 8.70. The molecule has 0 saturated heterocycles. The maximum absolute atomic E-state index is 5.22. The van der Waals surface area contributed by atoms with Crippen LogP contribution in [0.3, 0.4) is 0 Å². The van der Waals surface area contributed by atoms with Gasteiger partial charge in [-0.1, -0.05) is 35.5 Å². The molecule has 0 bridgehead atoms. The van der Waals surface area contributed by atoms with Crippen molar-refractivity contribution in [3.8, 4) is 11.3 Å². The number of rotatable bonds is 7. The summed E-state index contributed by atoms with van der Waals surface area (Å²) in [5.74, 6) is 1.98. The zero-order valence-corrected chi connectivity index (χ0v) is 15.2. The molecule has 0 atom stereocenters.